The average molecular weight is 319 g/mol. The molecule has 2 rings (SSSR count). The van der Waals surface area contributed by atoms with E-state index in [2.05, 4.69) is 13.8 Å². The predicted octanol–water partition coefficient (Wildman–Crippen LogP) is 2.45. The van der Waals surface area contributed by atoms with Crippen molar-refractivity contribution in [3.8, 4) is 0 Å². The molecule has 0 spiro atoms. The molecule has 124 valence electrons. The second-order valence-electron chi connectivity index (χ2n) is 6.79. The topological polar surface area (TPSA) is 55.6 Å². The highest BCUT2D eigenvalue weighted by Crippen LogP contribution is 2.33. The van der Waals surface area contributed by atoms with Gasteiger partial charge < -0.3 is 15.4 Å². The Bertz CT molecular complexity index is 317. The highest BCUT2D eigenvalue weighted by molar-refractivity contribution is 5.85. The molecule has 2 atom stereocenters. The van der Waals surface area contributed by atoms with Crippen LogP contribution in [0.15, 0.2) is 0 Å². The molecular weight excluding hydrogens is 288 g/mol. The Hall–Kier alpha value is -0.320. The summed E-state index contributed by atoms with van der Waals surface area (Å²) in [4.78, 5) is 14.6. The first-order chi connectivity index (χ1) is 9.61. The molecule has 0 radical (unpaired) electrons. The van der Waals surface area contributed by atoms with Crippen LogP contribution in [0.1, 0.15) is 46.0 Å². The van der Waals surface area contributed by atoms with Crippen molar-refractivity contribution in [2.75, 3.05) is 26.2 Å². The van der Waals surface area contributed by atoms with Gasteiger partial charge in [-0.25, -0.2) is 0 Å². The number of nitrogens with two attached hydrogens (primary N) is 1. The van der Waals surface area contributed by atoms with Gasteiger partial charge in [0.1, 0.15) is 0 Å². The van der Waals surface area contributed by atoms with Gasteiger partial charge in [-0.1, -0.05) is 20.3 Å². The first-order valence-corrected chi connectivity index (χ1v) is 8.22. The normalized spacial score (nSPS) is 27.0. The second-order valence-corrected chi connectivity index (χ2v) is 6.79. The highest BCUT2D eigenvalue weighted by Gasteiger charge is 2.35. The maximum Gasteiger partial charge on any atom is 0.226 e. The fourth-order valence-electron chi connectivity index (χ4n) is 3.45. The first-order valence-electron chi connectivity index (χ1n) is 8.22. The number of carbonyl (C=O) groups excluding carboxylic acids is 1. The van der Waals surface area contributed by atoms with E-state index in [9.17, 15) is 4.79 Å². The number of nitrogens with zero attached hydrogens (tertiary/aromatic N) is 1. The van der Waals surface area contributed by atoms with Crippen molar-refractivity contribution >= 4 is 18.3 Å². The molecule has 0 aromatic carbocycles. The smallest absolute Gasteiger partial charge is 0.226 e. The van der Waals surface area contributed by atoms with Gasteiger partial charge in [-0.15, -0.1) is 12.4 Å². The molecule has 2 fully saturated rings. The molecule has 1 heterocycles. The van der Waals surface area contributed by atoms with Crippen LogP contribution in [0.2, 0.25) is 0 Å². The maximum atomic E-state index is 12.6. The molecular formula is C16H31ClN2O2. The van der Waals surface area contributed by atoms with E-state index in [1.165, 1.54) is 0 Å². The molecule has 21 heavy (non-hydrogen) atoms. The summed E-state index contributed by atoms with van der Waals surface area (Å²) >= 11 is 0. The maximum absolute atomic E-state index is 12.6. The molecule has 1 saturated heterocycles. The van der Waals surface area contributed by atoms with Crippen LogP contribution in [0.3, 0.4) is 0 Å². The lowest BCUT2D eigenvalue weighted by Gasteiger charge is -2.34. The zero-order valence-electron chi connectivity index (χ0n) is 13.4. The minimum Gasteiger partial charge on any atom is -0.378 e. The number of carbonyl (C=O) groups is 1. The molecule has 1 amide bonds. The lowest BCUT2D eigenvalue weighted by molar-refractivity contribution is -0.139. The number of rotatable bonds is 5. The summed E-state index contributed by atoms with van der Waals surface area (Å²) in [5.74, 6) is 1.53. The fourth-order valence-corrected chi connectivity index (χ4v) is 3.45. The highest BCUT2D eigenvalue weighted by atomic mass is 35.5. The van der Waals surface area contributed by atoms with Crippen LogP contribution < -0.4 is 5.73 Å². The van der Waals surface area contributed by atoms with Crippen LogP contribution in [0, 0.1) is 17.8 Å². The molecule has 0 aromatic rings. The second kappa shape index (κ2) is 8.96. The number of amides is 1. The molecule has 1 saturated carbocycles. The van der Waals surface area contributed by atoms with E-state index < -0.39 is 0 Å². The van der Waals surface area contributed by atoms with Gasteiger partial charge in [0.25, 0.3) is 0 Å². The zero-order valence-corrected chi connectivity index (χ0v) is 14.2. The number of halogens is 1. The minimum atomic E-state index is 0. The van der Waals surface area contributed by atoms with Crippen LogP contribution >= 0.6 is 12.4 Å². The van der Waals surface area contributed by atoms with E-state index in [-0.39, 0.29) is 18.3 Å². The third kappa shape index (κ3) is 5.11. The lowest BCUT2D eigenvalue weighted by atomic mass is 9.93. The van der Waals surface area contributed by atoms with Crippen LogP contribution in [0.25, 0.3) is 0 Å². The molecule has 2 N–H and O–H groups in total. The van der Waals surface area contributed by atoms with E-state index in [1.807, 2.05) is 4.90 Å². The Morgan fingerprint density at radius 1 is 1.24 bits per heavy atom. The third-order valence-electron chi connectivity index (χ3n) is 4.70. The van der Waals surface area contributed by atoms with Crippen LogP contribution in [-0.2, 0) is 9.53 Å². The summed E-state index contributed by atoms with van der Waals surface area (Å²) in [6.07, 6.45) is 5.63. The number of piperidine rings is 1. The van der Waals surface area contributed by atoms with Gasteiger partial charge in [0.05, 0.1) is 6.10 Å². The van der Waals surface area contributed by atoms with Gasteiger partial charge in [-0.05, 0) is 44.1 Å². The Morgan fingerprint density at radius 2 is 1.90 bits per heavy atom. The zero-order chi connectivity index (χ0) is 14.5. The fraction of sp³-hybridized carbons (Fsp3) is 0.938. The monoisotopic (exact) mass is 318 g/mol. The van der Waals surface area contributed by atoms with E-state index in [1.54, 1.807) is 0 Å². The molecule has 0 bridgehead atoms. The number of hydrogen-bond acceptors (Lipinski definition) is 3. The molecule has 2 aliphatic rings. The van der Waals surface area contributed by atoms with Gasteiger partial charge in [-0.3, -0.25) is 4.79 Å². The Morgan fingerprint density at radius 3 is 2.48 bits per heavy atom. The average Bonchev–Trinajstić information content (AvgIpc) is 2.93. The van der Waals surface area contributed by atoms with E-state index >= 15 is 0 Å². The number of hydrogen-bond donors (Lipinski definition) is 1. The van der Waals surface area contributed by atoms with Crippen molar-refractivity contribution in [2.45, 2.75) is 52.1 Å². The van der Waals surface area contributed by atoms with Crippen molar-refractivity contribution < 1.29 is 9.53 Å². The Kier molecular flexibility index (Phi) is 7.99. The summed E-state index contributed by atoms with van der Waals surface area (Å²) in [5.41, 5.74) is 5.79. The quantitative estimate of drug-likeness (QED) is 0.847. The van der Waals surface area contributed by atoms with Gasteiger partial charge >= 0.3 is 0 Å². The Balaban J connectivity index is 0.00000220. The largest absolute Gasteiger partial charge is 0.378 e. The van der Waals surface area contributed by atoms with Gasteiger partial charge in [0.15, 0.2) is 0 Å². The van der Waals surface area contributed by atoms with Gasteiger partial charge in [-0.2, -0.15) is 0 Å². The lowest BCUT2D eigenvalue weighted by Crippen LogP contribution is -2.45. The SMILES string of the molecule is CC(C)COC1CCN(C(=O)[C@@H]2CCC[C@@H]2CN)CC1.Cl. The summed E-state index contributed by atoms with van der Waals surface area (Å²) in [6.45, 7) is 7.54. The van der Waals surface area contributed by atoms with Crippen molar-refractivity contribution in [2.24, 2.45) is 23.5 Å². The molecule has 5 heteroatoms. The molecule has 4 nitrogen and oxygen atoms in total. The van der Waals surface area contributed by atoms with E-state index in [4.69, 9.17) is 10.5 Å². The predicted molar refractivity (Wildman–Crippen MR) is 87.5 cm³/mol. The summed E-state index contributed by atoms with van der Waals surface area (Å²) in [5, 5.41) is 0. The van der Waals surface area contributed by atoms with Crippen LogP contribution in [0.5, 0.6) is 0 Å². The number of ether oxygens (including phenoxy) is 1. The van der Waals surface area contributed by atoms with Crippen molar-refractivity contribution in [3.05, 3.63) is 0 Å². The molecule has 0 aromatic heterocycles. The summed E-state index contributed by atoms with van der Waals surface area (Å²) in [7, 11) is 0. The standard InChI is InChI=1S/C16H30N2O2.ClH/c1-12(2)11-20-14-6-8-18(9-7-14)16(19)15-5-3-4-13(15)10-17;/h12-15H,3-11,17H2,1-2H3;1H/t13-,15-;/m1./s1. The van der Waals surface area contributed by atoms with Crippen LogP contribution in [-0.4, -0.2) is 43.2 Å². The minimum absolute atomic E-state index is 0. The summed E-state index contributed by atoms with van der Waals surface area (Å²) in [6, 6.07) is 0. The Labute approximate surface area is 135 Å². The van der Waals surface area contributed by atoms with Crippen LogP contribution in [0.4, 0.5) is 0 Å². The summed E-state index contributed by atoms with van der Waals surface area (Å²) < 4.78 is 5.88. The molecule has 1 aliphatic carbocycles. The van der Waals surface area contributed by atoms with Crippen molar-refractivity contribution in [3.63, 3.8) is 0 Å². The van der Waals surface area contributed by atoms with E-state index in [0.29, 0.717) is 30.4 Å². The van der Waals surface area contributed by atoms with Crippen molar-refractivity contribution in [1.82, 2.24) is 4.90 Å². The van der Waals surface area contributed by atoms with Crippen molar-refractivity contribution in [1.29, 1.82) is 0 Å². The molecule has 1 aliphatic heterocycles. The van der Waals surface area contributed by atoms with Gasteiger partial charge in [0.2, 0.25) is 5.91 Å². The molecule has 0 unspecified atom stereocenters. The van der Waals surface area contributed by atoms with Gasteiger partial charge in [0, 0.05) is 25.6 Å². The third-order valence-corrected chi connectivity index (χ3v) is 4.70. The number of likely N-dealkylation sites (tertiary alicyclic amines) is 1. The van der Waals surface area contributed by atoms with E-state index in [0.717, 1.165) is 51.8 Å². The first kappa shape index (κ1) is 18.7.